The highest BCUT2D eigenvalue weighted by molar-refractivity contribution is 7.99. The number of carboxylic acid groups (broad SMARTS) is 1. The molecule has 1 fully saturated rings. The van der Waals surface area contributed by atoms with Gasteiger partial charge in [-0.25, -0.2) is 4.79 Å². The second kappa shape index (κ2) is 5.44. The van der Waals surface area contributed by atoms with Gasteiger partial charge in [-0.15, -0.1) is 0 Å². The van der Waals surface area contributed by atoms with E-state index in [2.05, 4.69) is 10.6 Å². The zero-order chi connectivity index (χ0) is 12.3. The first-order chi connectivity index (χ1) is 8.15. The molecular formula is C11H16N2O3S. The molecule has 2 amide bonds. The number of thioether (sulfide) groups is 1. The van der Waals surface area contributed by atoms with E-state index in [9.17, 15) is 9.59 Å². The molecule has 1 heterocycles. The molecule has 0 aromatic heterocycles. The van der Waals surface area contributed by atoms with Gasteiger partial charge in [0, 0.05) is 11.8 Å². The summed E-state index contributed by atoms with van der Waals surface area (Å²) in [6.45, 7) is 0. The van der Waals surface area contributed by atoms with Crippen molar-refractivity contribution >= 4 is 23.8 Å². The van der Waals surface area contributed by atoms with Crippen LogP contribution in [0.4, 0.5) is 4.79 Å². The van der Waals surface area contributed by atoms with Gasteiger partial charge in [0.25, 0.3) is 0 Å². The van der Waals surface area contributed by atoms with Crippen molar-refractivity contribution in [3.8, 4) is 0 Å². The quantitative estimate of drug-likeness (QED) is 0.653. The van der Waals surface area contributed by atoms with Gasteiger partial charge in [0.2, 0.25) is 0 Å². The molecule has 1 saturated heterocycles. The molecule has 1 aliphatic heterocycles. The Morgan fingerprint density at radius 3 is 2.71 bits per heavy atom. The van der Waals surface area contributed by atoms with Crippen LogP contribution in [0.5, 0.6) is 0 Å². The third-order valence-electron chi connectivity index (χ3n) is 2.98. The summed E-state index contributed by atoms with van der Waals surface area (Å²) in [7, 11) is 0. The van der Waals surface area contributed by atoms with Gasteiger partial charge in [0.05, 0.1) is 12.0 Å². The second-order valence-electron chi connectivity index (χ2n) is 4.35. The lowest BCUT2D eigenvalue weighted by Gasteiger charge is -2.16. The van der Waals surface area contributed by atoms with Crippen LogP contribution in [0.25, 0.3) is 0 Å². The predicted molar refractivity (Wildman–Crippen MR) is 66.1 cm³/mol. The molecule has 2 rings (SSSR count). The normalized spacial score (nSPS) is 31.4. The maximum Gasteiger partial charge on any atom is 0.315 e. The lowest BCUT2D eigenvalue weighted by Crippen LogP contribution is -2.45. The molecule has 0 spiro atoms. The lowest BCUT2D eigenvalue weighted by molar-refractivity contribution is -0.140. The van der Waals surface area contributed by atoms with Crippen LogP contribution in [0.2, 0.25) is 0 Å². The van der Waals surface area contributed by atoms with Gasteiger partial charge in [0.1, 0.15) is 0 Å². The molecule has 0 saturated carbocycles. The molecule has 3 N–H and O–H groups in total. The summed E-state index contributed by atoms with van der Waals surface area (Å²) in [4.78, 5) is 22.3. The SMILES string of the molecule is O=C(NC1C=CC(C(=O)O)C1)NC1CCSC1. The number of hydrogen-bond donors (Lipinski definition) is 3. The highest BCUT2D eigenvalue weighted by Crippen LogP contribution is 2.19. The van der Waals surface area contributed by atoms with E-state index < -0.39 is 11.9 Å². The summed E-state index contributed by atoms with van der Waals surface area (Å²) in [5.41, 5.74) is 0. The maximum atomic E-state index is 11.6. The van der Waals surface area contributed by atoms with E-state index in [0.717, 1.165) is 17.9 Å². The van der Waals surface area contributed by atoms with Gasteiger partial charge in [-0.1, -0.05) is 12.2 Å². The van der Waals surface area contributed by atoms with Crippen molar-refractivity contribution in [3.63, 3.8) is 0 Å². The first-order valence-corrected chi connectivity index (χ1v) is 6.86. The largest absolute Gasteiger partial charge is 0.481 e. The molecule has 3 unspecified atom stereocenters. The van der Waals surface area contributed by atoms with Crippen molar-refractivity contribution in [1.29, 1.82) is 0 Å². The number of nitrogens with one attached hydrogen (secondary N) is 2. The van der Waals surface area contributed by atoms with Gasteiger partial charge >= 0.3 is 12.0 Å². The predicted octanol–water partition coefficient (Wildman–Crippen LogP) is 0.820. The number of carbonyl (C=O) groups excluding carboxylic acids is 1. The van der Waals surface area contributed by atoms with E-state index in [1.165, 1.54) is 0 Å². The van der Waals surface area contributed by atoms with Gasteiger partial charge in [-0.2, -0.15) is 11.8 Å². The van der Waals surface area contributed by atoms with Crippen LogP contribution >= 0.6 is 11.8 Å². The molecule has 17 heavy (non-hydrogen) atoms. The number of amides is 2. The third-order valence-corrected chi connectivity index (χ3v) is 4.14. The average Bonchev–Trinajstić information content (AvgIpc) is 2.88. The third kappa shape index (κ3) is 3.39. The Morgan fingerprint density at radius 2 is 2.12 bits per heavy atom. The fraction of sp³-hybridized carbons (Fsp3) is 0.636. The number of carbonyl (C=O) groups is 2. The van der Waals surface area contributed by atoms with Gasteiger partial charge in [-0.3, -0.25) is 4.79 Å². The van der Waals surface area contributed by atoms with E-state index in [-0.39, 0.29) is 18.1 Å². The second-order valence-corrected chi connectivity index (χ2v) is 5.50. The van der Waals surface area contributed by atoms with Gasteiger partial charge in [-0.05, 0) is 18.6 Å². The number of urea groups is 1. The molecule has 2 aliphatic rings. The van der Waals surface area contributed by atoms with Crippen molar-refractivity contribution in [2.45, 2.75) is 24.9 Å². The Morgan fingerprint density at radius 1 is 1.29 bits per heavy atom. The van der Waals surface area contributed by atoms with E-state index in [1.54, 1.807) is 12.2 Å². The summed E-state index contributed by atoms with van der Waals surface area (Å²) in [5, 5.41) is 14.5. The fourth-order valence-electron chi connectivity index (χ4n) is 2.03. The Labute approximate surface area is 104 Å². The Hall–Kier alpha value is -1.17. The molecule has 1 aliphatic carbocycles. The van der Waals surface area contributed by atoms with Crippen LogP contribution < -0.4 is 10.6 Å². The summed E-state index contributed by atoms with van der Waals surface area (Å²) in [6, 6.07) is -0.107. The molecule has 0 bridgehead atoms. The lowest BCUT2D eigenvalue weighted by atomic mass is 10.1. The number of rotatable bonds is 3. The van der Waals surface area contributed by atoms with Crippen LogP contribution in [0.1, 0.15) is 12.8 Å². The Kier molecular flexibility index (Phi) is 3.93. The molecule has 6 heteroatoms. The standard InChI is InChI=1S/C11H16N2O3S/c14-10(15)7-1-2-8(5-7)12-11(16)13-9-3-4-17-6-9/h1-2,7-9H,3-6H2,(H,14,15)(H2,12,13,16). The Balaban J connectivity index is 1.72. The monoisotopic (exact) mass is 256 g/mol. The summed E-state index contributed by atoms with van der Waals surface area (Å²) >= 11 is 1.84. The smallest absolute Gasteiger partial charge is 0.315 e. The van der Waals surface area contributed by atoms with Crippen molar-refractivity contribution in [1.82, 2.24) is 10.6 Å². The van der Waals surface area contributed by atoms with E-state index in [0.29, 0.717) is 6.42 Å². The number of carboxylic acids is 1. The fourth-order valence-corrected chi connectivity index (χ4v) is 3.19. The van der Waals surface area contributed by atoms with E-state index >= 15 is 0 Å². The van der Waals surface area contributed by atoms with Crippen molar-refractivity contribution in [2.24, 2.45) is 5.92 Å². The van der Waals surface area contributed by atoms with Crippen LogP contribution in [-0.4, -0.2) is 40.7 Å². The first kappa shape index (κ1) is 12.3. The topological polar surface area (TPSA) is 78.4 Å². The van der Waals surface area contributed by atoms with E-state index in [1.807, 2.05) is 11.8 Å². The molecule has 0 aromatic rings. The van der Waals surface area contributed by atoms with Crippen LogP contribution in [0.15, 0.2) is 12.2 Å². The zero-order valence-electron chi connectivity index (χ0n) is 9.39. The summed E-state index contributed by atoms with van der Waals surface area (Å²) in [5.74, 6) is 0.751. The van der Waals surface area contributed by atoms with Crippen LogP contribution in [0.3, 0.4) is 0 Å². The molecular weight excluding hydrogens is 240 g/mol. The highest BCUT2D eigenvalue weighted by atomic mass is 32.2. The number of aliphatic carboxylic acids is 1. The van der Waals surface area contributed by atoms with Gasteiger partial charge in [0.15, 0.2) is 0 Å². The molecule has 0 aromatic carbocycles. The van der Waals surface area contributed by atoms with Crippen molar-refractivity contribution in [3.05, 3.63) is 12.2 Å². The molecule has 94 valence electrons. The Bertz CT molecular complexity index is 340. The minimum atomic E-state index is -0.835. The molecule has 0 radical (unpaired) electrons. The average molecular weight is 256 g/mol. The van der Waals surface area contributed by atoms with Crippen LogP contribution in [0, 0.1) is 5.92 Å². The molecule has 5 nitrogen and oxygen atoms in total. The minimum Gasteiger partial charge on any atom is -0.481 e. The molecule has 3 atom stereocenters. The summed E-state index contributed by atoms with van der Waals surface area (Å²) < 4.78 is 0. The van der Waals surface area contributed by atoms with Crippen molar-refractivity contribution in [2.75, 3.05) is 11.5 Å². The highest BCUT2D eigenvalue weighted by Gasteiger charge is 2.26. The zero-order valence-corrected chi connectivity index (χ0v) is 10.2. The summed E-state index contributed by atoms with van der Waals surface area (Å²) in [6.07, 6.45) is 4.85. The van der Waals surface area contributed by atoms with E-state index in [4.69, 9.17) is 5.11 Å². The van der Waals surface area contributed by atoms with Gasteiger partial charge < -0.3 is 15.7 Å². The van der Waals surface area contributed by atoms with Crippen molar-refractivity contribution < 1.29 is 14.7 Å². The first-order valence-electron chi connectivity index (χ1n) is 5.71. The number of hydrogen-bond acceptors (Lipinski definition) is 3. The van der Waals surface area contributed by atoms with Crippen LogP contribution in [-0.2, 0) is 4.79 Å². The maximum absolute atomic E-state index is 11.6. The minimum absolute atomic E-state index is 0.162.